The normalized spacial score (nSPS) is 24.6. The summed E-state index contributed by atoms with van der Waals surface area (Å²) in [5.41, 5.74) is 0.745. The number of rotatable bonds is 5. The first kappa shape index (κ1) is 16.5. The molecule has 0 spiro atoms. The molecule has 0 amide bonds. The Labute approximate surface area is 134 Å². The van der Waals surface area contributed by atoms with Gasteiger partial charge in [0.1, 0.15) is 5.82 Å². The van der Waals surface area contributed by atoms with Gasteiger partial charge in [0.25, 0.3) is 0 Å². The first-order chi connectivity index (χ1) is 9.63. The van der Waals surface area contributed by atoms with Crippen LogP contribution in [0.3, 0.4) is 0 Å². The third-order valence-corrected chi connectivity index (χ3v) is 6.91. The molecule has 2 rings (SSSR count). The van der Waals surface area contributed by atoms with Crippen LogP contribution in [-0.2, 0) is 0 Å². The minimum absolute atomic E-state index is 0.0556. The van der Waals surface area contributed by atoms with Crippen LogP contribution in [0.25, 0.3) is 0 Å². The van der Waals surface area contributed by atoms with Crippen molar-refractivity contribution >= 4 is 35.1 Å². The van der Waals surface area contributed by atoms with Crippen molar-refractivity contribution in [3.63, 3.8) is 0 Å². The van der Waals surface area contributed by atoms with Gasteiger partial charge in [-0.1, -0.05) is 31.5 Å². The van der Waals surface area contributed by atoms with Crippen LogP contribution in [0, 0.1) is 5.82 Å². The summed E-state index contributed by atoms with van der Waals surface area (Å²) in [5.74, 6) is 2.12. The van der Waals surface area contributed by atoms with Gasteiger partial charge in [-0.15, -0.1) is 0 Å². The smallest absolute Gasteiger partial charge is 0.129 e. The highest BCUT2D eigenvalue weighted by Crippen LogP contribution is 2.39. The molecule has 112 valence electrons. The molecule has 1 aliphatic heterocycles. The summed E-state index contributed by atoms with van der Waals surface area (Å²) in [6.07, 6.45) is 1.05. The molecule has 1 aliphatic rings. The van der Waals surface area contributed by atoms with Gasteiger partial charge in [0, 0.05) is 38.6 Å². The van der Waals surface area contributed by atoms with Gasteiger partial charge >= 0.3 is 0 Å². The lowest BCUT2D eigenvalue weighted by Crippen LogP contribution is -2.38. The summed E-state index contributed by atoms with van der Waals surface area (Å²) in [5, 5.41) is 4.91. The Kier molecular flexibility index (Phi) is 6.53. The first-order valence-corrected chi connectivity index (χ1v) is 9.52. The molecule has 5 heteroatoms. The van der Waals surface area contributed by atoms with Crippen LogP contribution in [-0.4, -0.2) is 28.6 Å². The van der Waals surface area contributed by atoms with E-state index < -0.39 is 0 Å². The first-order valence-electron chi connectivity index (χ1n) is 7.05. The molecule has 3 atom stereocenters. The summed E-state index contributed by atoms with van der Waals surface area (Å²) in [6.45, 7) is 5.28. The van der Waals surface area contributed by atoms with E-state index in [-0.39, 0.29) is 11.9 Å². The molecule has 1 aromatic carbocycles. The maximum Gasteiger partial charge on any atom is 0.129 e. The molecular weight excluding hydrogens is 313 g/mol. The van der Waals surface area contributed by atoms with Crippen molar-refractivity contribution in [3.8, 4) is 0 Å². The fraction of sp³-hybridized carbons (Fsp3) is 0.600. The van der Waals surface area contributed by atoms with E-state index in [4.69, 9.17) is 11.6 Å². The van der Waals surface area contributed by atoms with E-state index in [1.165, 1.54) is 11.8 Å². The Bertz CT molecular complexity index is 444. The predicted molar refractivity (Wildman–Crippen MR) is 90.6 cm³/mol. The highest BCUT2D eigenvalue weighted by atomic mass is 35.5. The van der Waals surface area contributed by atoms with Crippen molar-refractivity contribution in [1.82, 2.24) is 5.32 Å². The van der Waals surface area contributed by atoms with Crippen molar-refractivity contribution in [1.29, 1.82) is 0 Å². The van der Waals surface area contributed by atoms with E-state index in [9.17, 15) is 4.39 Å². The van der Waals surface area contributed by atoms with Crippen LogP contribution < -0.4 is 5.32 Å². The number of nitrogens with one attached hydrogen (secondary N) is 1. The molecule has 1 fully saturated rings. The lowest BCUT2D eigenvalue weighted by molar-refractivity contribution is 0.482. The molecule has 1 aromatic rings. The Balaban J connectivity index is 2.25. The van der Waals surface area contributed by atoms with Gasteiger partial charge in [-0.2, -0.15) is 23.5 Å². The molecule has 1 nitrogen and oxygen atoms in total. The van der Waals surface area contributed by atoms with Gasteiger partial charge in [-0.05, 0) is 25.1 Å². The molecule has 20 heavy (non-hydrogen) atoms. The molecule has 0 saturated carbocycles. The zero-order valence-corrected chi connectivity index (χ0v) is 14.3. The number of hydrogen-bond acceptors (Lipinski definition) is 3. The number of benzene rings is 1. The van der Waals surface area contributed by atoms with E-state index in [0.717, 1.165) is 24.3 Å². The average Bonchev–Trinajstić information content (AvgIpc) is 2.42. The SMILES string of the molecule is CCCNC(c1ccc(Cl)cc1F)C1SCCSC1C. The van der Waals surface area contributed by atoms with E-state index in [0.29, 0.717) is 15.5 Å². The van der Waals surface area contributed by atoms with E-state index in [1.54, 1.807) is 6.07 Å². The lowest BCUT2D eigenvalue weighted by atomic mass is 10.0. The van der Waals surface area contributed by atoms with Gasteiger partial charge in [-0.3, -0.25) is 0 Å². The Morgan fingerprint density at radius 3 is 2.80 bits per heavy atom. The van der Waals surface area contributed by atoms with Crippen LogP contribution >= 0.6 is 35.1 Å². The molecule has 1 N–H and O–H groups in total. The summed E-state index contributed by atoms with van der Waals surface area (Å²) < 4.78 is 14.3. The topological polar surface area (TPSA) is 12.0 Å². The molecule has 3 unspecified atom stereocenters. The van der Waals surface area contributed by atoms with Gasteiger partial charge in [0.15, 0.2) is 0 Å². The van der Waals surface area contributed by atoms with Gasteiger partial charge < -0.3 is 5.32 Å². The van der Waals surface area contributed by atoms with Crippen LogP contribution in [0.15, 0.2) is 18.2 Å². The maximum atomic E-state index is 14.3. The van der Waals surface area contributed by atoms with E-state index >= 15 is 0 Å². The van der Waals surface area contributed by atoms with Gasteiger partial charge in [0.2, 0.25) is 0 Å². The van der Waals surface area contributed by atoms with E-state index in [2.05, 4.69) is 19.2 Å². The molecule has 0 bridgehead atoms. The molecular formula is C15H21ClFNS2. The number of halogens is 2. The number of thioether (sulfide) groups is 2. The highest BCUT2D eigenvalue weighted by Gasteiger charge is 2.32. The van der Waals surface area contributed by atoms with Crippen LogP contribution in [0.4, 0.5) is 4.39 Å². The monoisotopic (exact) mass is 333 g/mol. The fourth-order valence-electron chi connectivity index (χ4n) is 2.47. The predicted octanol–water partition coefficient (Wildman–Crippen LogP) is 4.76. The van der Waals surface area contributed by atoms with E-state index in [1.807, 2.05) is 29.6 Å². The second-order valence-corrected chi connectivity index (χ2v) is 8.22. The molecule has 1 heterocycles. The van der Waals surface area contributed by atoms with Crippen LogP contribution in [0.2, 0.25) is 5.02 Å². The zero-order valence-electron chi connectivity index (χ0n) is 11.9. The van der Waals surface area contributed by atoms with Crippen molar-refractivity contribution in [2.75, 3.05) is 18.1 Å². The maximum absolute atomic E-state index is 14.3. The third kappa shape index (κ3) is 4.06. The zero-order chi connectivity index (χ0) is 14.5. The second kappa shape index (κ2) is 7.92. The average molecular weight is 334 g/mol. The van der Waals surface area contributed by atoms with Crippen LogP contribution in [0.1, 0.15) is 31.9 Å². The van der Waals surface area contributed by atoms with Gasteiger partial charge in [-0.25, -0.2) is 4.39 Å². The van der Waals surface area contributed by atoms with Crippen molar-refractivity contribution in [2.24, 2.45) is 0 Å². The third-order valence-electron chi connectivity index (χ3n) is 3.48. The highest BCUT2D eigenvalue weighted by molar-refractivity contribution is 8.07. The summed E-state index contributed by atoms with van der Waals surface area (Å²) in [6, 6.07) is 5.09. The molecule has 0 aliphatic carbocycles. The minimum atomic E-state index is -0.200. The standard InChI is InChI=1S/C15H21ClFNS2/c1-3-6-18-14(15-10(2)19-7-8-20-15)12-5-4-11(16)9-13(12)17/h4-5,9-10,14-15,18H,3,6-8H2,1-2H3. The molecule has 1 saturated heterocycles. The Morgan fingerprint density at radius 1 is 1.40 bits per heavy atom. The van der Waals surface area contributed by atoms with Gasteiger partial charge in [0.05, 0.1) is 0 Å². The van der Waals surface area contributed by atoms with Crippen molar-refractivity contribution < 1.29 is 4.39 Å². The lowest BCUT2D eigenvalue weighted by Gasteiger charge is -2.35. The fourth-order valence-corrected chi connectivity index (χ4v) is 5.57. The number of hydrogen-bond donors (Lipinski definition) is 1. The molecule has 0 radical (unpaired) electrons. The Morgan fingerprint density at radius 2 is 2.15 bits per heavy atom. The second-order valence-electron chi connectivity index (χ2n) is 5.01. The largest absolute Gasteiger partial charge is 0.309 e. The summed E-state index contributed by atoms with van der Waals surface area (Å²) in [7, 11) is 0. The Hall–Kier alpha value is 0.1000. The van der Waals surface area contributed by atoms with Crippen LogP contribution in [0.5, 0.6) is 0 Å². The van der Waals surface area contributed by atoms with Crippen molar-refractivity contribution in [3.05, 3.63) is 34.6 Å². The quantitative estimate of drug-likeness (QED) is 0.834. The van der Waals surface area contributed by atoms with Crippen molar-refractivity contribution in [2.45, 2.75) is 36.8 Å². The minimum Gasteiger partial charge on any atom is -0.309 e. The summed E-state index contributed by atoms with van der Waals surface area (Å²) >= 11 is 9.81. The molecule has 0 aromatic heterocycles. The summed E-state index contributed by atoms with van der Waals surface area (Å²) in [4.78, 5) is 0.